The van der Waals surface area contributed by atoms with Crippen LogP contribution in [-0.4, -0.2) is 20.7 Å². The third kappa shape index (κ3) is 2.57. The Balaban J connectivity index is 1.99. The van der Waals surface area contributed by atoms with E-state index in [1.165, 1.54) is 6.39 Å². The van der Waals surface area contributed by atoms with Gasteiger partial charge >= 0.3 is 0 Å². The standard InChI is InChI=1S/C19H14ClN3O2/c1-3-16(24)15-4-10(2)14(8-21-15)13-5-11-7-22-17(20)6-12(11)18-19(13)25-9-23-18/h4-9H,3H2,1-2H3. The first-order valence-electron chi connectivity index (χ1n) is 7.90. The van der Waals surface area contributed by atoms with Gasteiger partial charge in [-0.05, 0) is 30.7 Å². The highest BCUT2D eigenvalue weighted by Gasteiger charge is 2.16. The lowest BCUT2D eigenvalue weighted by Gasteiger charge is -2.09. The molecule has 0 saturated carbocycles. The van der Waals surface area contributed by atoms with Gasteiger partial charge in [-0.15, -0.1) is 0 Å². The summed E-state index contributed by atoms with van der Waals surface area (Å²) in [5.74, 6) is 0.0248. The van der Waals surface area contributed by atoms with E-state index in [4.69, 9.17) is 16.0 Å². The number of hydrogen-bond acceptors (Lipinski definition) is 5. The summed E-state index contributed by atoms with van der Waals surface area (Å²) in [6.07, 6.45) is 5.28. The van der Waals surface area contributed by atoms with Gasteiger partial charge in [0.1, 0.15) is 16.4 Å². The number of carbonyl (C=O) groups is 1. The Hall–Kier alpha value is -2.79. The molecule has 0 aliphatic rings. The van der Waals surface area contributed by atoms with Crippen LogP contribution in [0.25, 0.3) is 33.0 Å². The summed E-state index contributed by atoms with van der Waals surface area (Å²) in [7, 11) is 0. The van der Waals surface area contributed by atoms with Gasteiger partial charge in [-0.25, -0.2) is 9.97 Å². The number of hydrogen-bond donors (Lipinski definition) is 0. The van der Waals surface area contributed by atoms with Crippen LogP contribution in [0.1, 0.15) is 29.4 Å². The fraction of sp³-hybridized carbons (Fsp3) is 0.158. The number of rotatable bonds is 3. The highest BCUT2D eigenvalue weighted by molar-refractivity contribution is 6.30. The van der Waals surface area contributed by atoms with Crippen LogP contribution < -0.4 is 0 Å². The minimum atomic E-state index is 0.0248. The van der Waals surface area contributed by atoms with Crippen molar-refractivity contribution in [1.29, 1.82) is 0 Å². The molecule has 3 heterocycles. The van der Waals surface area contributed by atoms with Crippen molar-refractivity contribution in [2.75, 3.05) is 0 Å². The molecule has 25 heavy (non-hydrogen) atoms. The number of pyridine rings is 2. The summed E-state index contributed by atoms with van der Waals surface area (Å²) in [6.45, 7) is 3.78. The Labute approximate surface area is 148 Å². The number of Topliss-reactive ketones (excluding diaryl/α,β-unsaturated/α-hetero) is 1. The fourth-order valence-electron chi connectivity index (χ4n) is 2.98. The molecule has 0 spiro atoms. The van der Waals surface area contributed by atoms with Crippen LogP contribution in [-0.2, 0) is 0 Å². The highest BCUT2D eigenvalue weighted by Crippen LogP contribution is 2.36. The third-order valence-corrected chi connectivity index (χ3v) is 4.48. The molecule has 4 aromatic rings. The molecule has 1 aromatic carbocycles. The topological polar surface area (TPSA) is 68.9 Å². The molecule has 0 fully saturated rings. The summed E-state index contributed by atoms with van der Waals surface area (Å²) < 4.78 is 5.64. The normalized spacial score (nSPS) is 11.3. The second kappa shape index (κ2) is 5.93. The molecule has 0 bridgehead atoms. The molecule has 0 aliphatic heterocycles. The predicted molar refractivity (Wildman–Crippen MR) is 96.9 cm³/mol. The van der Waals surface area contributed by atoms with E-state index in [-0.39, 0.29) is 5.78 Å². The molecular formula is C19H14ClN3O2. The Morgan fingerprint density at radius 2 is 1.96 bits per heavy atom. The molecule has 0 saturated heterocycles. The molecule has 0 atom stereocenters. The molecule has 6 heteroatoms. The van der Waals surface area contributed by atoms with E-state index in [0.29, 0.717) is 22.9 Å². The monoisotopic (exact) mass is 351 g/mol. The van der Waals surface area contributed by atoms with Gasteiger partial charge in [0.05, 0.1) is 0 Å². The van der Waals surface area contributed by atoms with Crippen LogP contribution in [0.4, 0.5) is 0 Å². The van der Waals surface area contributed by atoms with Gasteiger partial charge in [0.15, 0.2) is 17.8 Å². The molecule has 124 valence electrons. The highest BCUT2D eigenvalue weighted by atomic mass is 35.5. The number of nitrogens with zero attached hydrogens (tertiary/aromatic N) is 3. The smallest absolute Gasteiger partial charge is 0.182 e. The minimum Gasteiger partial charge on any atom is -0.443 e. The van der Waals surface area contributed by atoms with Crippen molar-refractivity contribution >= 4 is 39.3 Å². The van der Waals surface area contributed by atoms with Crippen molar-refractivity contribution in [3.8, 4) is 11.1 Å². The maximum absolute atomic E-state index is 11.9. The van der Waals surface area contributed by atoms with Crippen LogP contribution in [0.15, 0.2) is 41.4 Å². The first kappa shape index (κ1) is 15.7. The van der Waals surface area contributed by atoms with E-state index in [9.17, 15) is 4.79 Å². The number of oxazole rings is 1. The van der Waals surface area contributed by atoms with Crippen molar-refractivity contribution in [2.45, 2.75) is 20.3 Å². The molecule has 0 radical (unpaired) electrons. The van der Waals surface area contributed by atoms with Gasteiger partial charge in [-0.2, -0.15) is 0 Å². The van der Waals surface area contributed by atoms with E-state index in [2.05, 4.69) is 15.0 Å². The Morgan fingerprint density at radius 1 is 1.12 bits per heavy atom. The zero-order valence-corrected chi connectivity index (χ0v) is 14.5. The van der Waals surface area contributed by atoms with Crippen molar-refractivity contribution in [2.24, 2.45) is 0 Å². The largest absolute Gasteiger partial charge is 0.443 e. The lowest BCUT2D eigenvalue weighted by atomic mass is 9.97. The number of carbonyl (C=O) groups excluding carboxylic acids is 1. The number of fused-ring (bicyclic) bond motifs is 3. The van der Waals surface area contributed by atoms with E-state index < -0.39 is 0 Å². The third-order valence-electron chi connectivity index (χ3n) is 4.28. The number of halogens is 1. The first-order valence-corrected chi connectivity index (χ1v) is 8.28. The summed E-state index contributed by atoms with van der Waals surface area (Å²) in [4.78, 5) is 24.7. The molecule has 3 aromatic heterocycles. The van der Waals surface area contributed by atoms with Crippen LogP contribution >= 0.6 is 11.6 Å². The van der Waals surface area contributed by atoms with Gasteiger partial charge in [0.25, 0.3) is 0 Å². The van der Waals surface area contributed by atoms with Crippen molar-refractivity contribution in [1.82, 2.24) is 15.0 Å². The Morgan fingerprint density at radius 3 is 2.72 bits per heavy atom. The van der Waals surface area contributed by atoms with Crippen LogP contribution in [0.2, 0.25) is 5.15 Å². The number of ketones is 1. The van der Waals surface area contributed by atoms with E-state index in [1.807, 2.05) is 26.0 Å². The average Bonchev–Trinajstić information content (AvgIpc) is 3.11. The van der Waals surface area contributed by atoms with Crippen molar-refractivity contribution < 1.29 is 9.21 Å². The number of benzene rings is 1. The molecule has 0 unspecified atom stereocenters. The van der Waals surface area contributed by atoms with Crippen molar-refractivity contribution in [3.63, 3.8) is 0 Å². The van der Waals surface area contributed by atoms with Gasteiger partial charge < -0.3 is 4.42 Å². The summed E-state index contributed by atoms with van der Waals surface area (Å²) in [6, 6.07) is 5.57. The van der Waals surface area contributed by atoms with E-state index in [0.717, 1.165) is 33.0 Å². The number of aryl methyl sites for hydroxylation is 1. The lowest BCUT2D eigenvalue weighted by molar-refractivity contribution is 0.0983. The quantitative estimate of drug-likeness (QED) is 0.384. The van der Waals surface area contributed by atoms with Gasteiger partial charge in [0, 0.05) is 40.7 Å². The van der Waals surface area contributed by atoms with E-state index in [1.54, 1.807) is 18.5 Å². The fourth-order valence-corrected chi connectivity index (χ4v) is 3.14. The van der Waals surface area contributed by atoms with Crippen LogP contribution in [0.3, 0.4) is 0 Å². The molecule has 0 N–H and O–H groups in total. The zero-order chi connectivity index (χ0) is 17.6. The number of aromatic nitrogens is 3. The Kier molecular flexibility index (Phi) is 3.73. The summed E-state index contributed by atoms with van der Waals surface area (Å²) >= 11 is 6.02. The Bertz CT molecular complexity index is 1130. The summed E-state index contributed by atoms with van der Waals surface area (Å²) in [5.41, 5.74) is 4.58. The van der Waals surface area contributed by atoms with Crippen LogP contribution in [0.5, 0.6) is 0 Å². The second-order valence-corrected chi connectivity index (χ2v) is 6.23. The SMILES string of the molecule is CCC(=O)c1cc(C)c(-c2cc3cnc(Cl)cc3c3ncoc23)cn1. The molecular weight excluding hydrogens is 338 g/mol. The van der Waals surface area contributed by atoms with Crippen molar-refractivity contribution in [3.05, 3.63) is 53.4 Å². The maximum Gasteiger partial charge on any atom is 0.182 e. The second-order valence-electron chi connectivity index (χ2n) is 5.84. The van der Waals surface area contributed by atoms with Gasteiger partial charge in [-0.1, -0.05) is 18.5 Å². The van der Waals surface area contributed by atoms with Gasteiger partial charge in [-0.3, -0.25) is 9.78 Å². The minimum absolute atomic E-state index is 0.0248. The molecule has 0 aliphatic carbocycles. The van der Waals surface area contributed by atoms with Gasteiger partial charge in [0.2, 0.25) is 0 Å². The summed E-state index contributed by atoms with van der Waals surface area (Å²) in [5, 5.41) is 2.20. The van der Waals surface area contributed by atoms with E-state index >= 15 is 0 Å². The molecule has 4 rings (SSSR count). The molecule has 5 nitrogen and oxygen atoms in total. The average molecular weight is 352 g/mol. The maximum atomic E-state index is 11.9. The zero-order valence-electron chi connectivity index (χ0n) is 13.7. The first-order chi connectivity index (χ1) is 12.1. The van der Waals surface area contributed by atoms with Crippen LogP contribution in [0, 0.1) is 6.92 Å². The predicted octanol–water partition coefficient (Wildman–Crippen LogP) is 4.99. The molecule has 0 amide bonds. The lowest BCUT2D eigenvalue weighted by Crippen LogP contribution is -2.01.